The summed E-state index contributed by atoms with van der Waals surface area (Å²) in [6.45, 7) is 0. The van der Waals surface area contributed by atoms with Gasteiger partial charge in [-0.2, -0.15) is 0 Å². The standard InChI is InChI=1S/C4H10N3/c1-7(5)6-4-2-3-4/h4-5,7H,2-3H2,1H3/q-1. The Hall–Kier alpha value is -0.120. The first-order valence-electron chi connectivity index (χ1n) is 2.55. The van der Waals surface area contributed by atoms with Gasteiger partial charge in [0, 0.05) is 7.05 Å². The van der Waals surface area contributed by atoms with Crippen molar-refractivity contribution in [1.29, 1.82) is 0 Å². The minimum absolute atomic E-state index is 0.475. The molecule has 1 aliphatic carbocycles. The Bertz CT molecular complexity index is 58.0. The molecular weight excluding hydrogens is 90.1 g/mol. The molecule has 0 bridgehead atoms. The van der Waals surface area contributed by atoms with E-state index in [2.05, 4.69) is 5.43 Å². The second-order valence-corrected chi connectivity index (χ2v) is 1.95. The van der Waals surface area contributed by atoms with E-state index in [1.54, 1.807) is 7.05 Å². The molecule has 1 fully saturated rings. The maximum absolute atomic E-state index is 6.90. The Morgan fingerprint density at radius 3 is 2.43 bits per heavy atom. The monoisotopic (exact) mass is 100 g/mol. The van der Waals surface area contributed by atoms with E-state index < -0.39 is 0 Å². The molecule has 0 amide bonds. The molecule has 0 spiro atoms. The minimum Gasteiger partial charge on any atom is -0.480 e. The summed E-state index contributed by atoms with van der Waals surface area (Å²) in [6.07, 6.45) is 2.41. The van der Waals surface area contributed by atoms with Gasteiger partial charge in [-0.25, -0.2) is 0 Å². The Balaban J connectivity index is 1.97. The molecule has 3 heteroatoms. The first kappa shape index (κ1) is 5.03. The van der Waals surface area contributed by atoms with Crippen LogP contribution in [-0.4, -0.2) is 13.1 Å². The fourth-order valence-corrected chi connectivity index (χ4v) is 0.477. The molecule has 0 heterocycles. The van der Waals surface area contributed by atoms with Gasteiger partial charge in [-0.15, -0.1) is 0 Å². The van der Waals surface area contributed by atoms with Gasteiger partial charge in [0.1, 0.15) is 0 Å². The van der Waals surface area contributed by atoms with E-state index in [4.69, 9.17) is 5.84 Å². The van der Waals surface area contributed by atoms with Crippen LogP contribution in [0.1, 0.15) is 12.8 Å². The van der Waals surface area contributed by atoms with Crippen molar-refractivity contribution in [2.75, 3.05) is 7.05 Å². The molecule has 1 unspecified atom stereocenters. The lowest BCUT2D eigenvalue weighted by molar-refractivity contribution is -0.785. The Labute approximate surface area is 43.4 Å². The Morgan fingerprint density at radius 2 is 2.29 bits per heavy atom. The maximum Gasteiger partial charge on any atom is 0.0489 e. The van der Waals surface area contributed by atoms with Crippen molar-refractivity contribution in [2.24, 2.45) is 0 Å². The van der Waals surface area contributed by atoms with Gasteiger partial charge >= 0.3 is 0 Å². The van der Waals surface area contributed by atoms with Crippen molar-refractivity contribution in [3.05, 3.63) is 11.3 Å². The van der Waals surface area contributed by atoms with Gasteiger partial charge in [0.15, 0.2) is 0 Å². The van der Waals surface area contributed by atoms with Crippen molar-refractivity contribution in [2.45, 2.75) is 18.9 Å². The van der Waals surface area contributed by atoms with Crippen molar-refractivity contribution >= 4 is 0 Å². The van der Waals surface area contributed by atoms with Crippen LogP contribution >= 0.6 is 0 Å². The molecule has 0 aliphatic heterocycles. The summed E-state index contributed by atoms with van der Waals surface area (Å²) < 4.78 is 0. The zero-order chi connectivity index (χ0) is 5.28. The van der Waals surface area contributed by atoms with Crippen LogP contribution in [0.15, 0.2) is 0 Å². The van der Waals surface area contributed by atoms with E-state index in [-0.39, 0.29) is 0 Å². The molecule has 0 aromatic carbocycles. The van der Waals surface area contributed by atoms with Gasteiger partial charge in [-0.05, 0) is 0 Å². The number of nitrogens with one attached hydrogen (secondary N) is 2. The molecule has 42 valence electrons. The molecule has 7 heavy (non-hydrogen) atoms. The summed E-state index contributed by atoms with van der Waals surface area (Å²) in [5.41, 5.74) is 3.97. The first-order valence-corrected chi connectivity index (χ1v) is 2.55. The van der Waals surface area contributed by atoms with Crippen molar-refractivity contribution < 1.29 is 5.12 Å². The Morgan fingerprint density at radius 1 is 1.71 bits per heavy atom. The van der Waals surface area contributed by atoms with E-state index in [0.717, 1.165) is 0 Å². The van der Waals surface area contributed by atoms with Gasteiger partial charge in [-0.1, -0.05) is 18.9 Å². The summed E-state index contributed by atoms with van der Waals surface area (Å²) in [6, 6.07) is 0.525. The number of rotatable bonds is 2. The lowest BCUT2D eigenvalue weighted by atomic mass is 10.8. The van der Waals surface area contributed by atoms with Gasteiger partial charge in [0.2, 0.25) is 0 Å². The molecule has 1 saturated carbocycles. The molecular formula is C4H10N3-. The van der Waals surface area contributed by atoms with E-state index >= 15 is 0 Å². The zero-order valence-electron chi connectivity index (χ0n) is 4.44. The SMILES string of the molecule is C[NH+]([NH-])[N-]C1CC1. The van der Waals surface area contributed by atoms with Crippen molar-refractivity contribution in [1.82, 2.24) is 0 Å². The minimum atomic E-state index is 0.475. The quantitative estimate of drug-likeness (QED) is 0.472. The largest absolute Gasteiger partial charge is 0.480 e. The smallest absolute Gasteiger partial charge is 0.0489 e. The lowest BCUT2D eigenvalue weighted by Gasteiger charge is -2.29. The van der Waals surface area contributed by atoms with Crippen LogP contribution in [0, 0.1) is 0 Å². The van der Waals surface area contributed by atoms with Crippen LogP contribution in [0.25, 0.3) is 11.3 Å². The summed E-state index contributed by atoms with van der Waals surface area (Å²) >= 11 is 0. The maximum atomic E-state index is 6.90. The summed E-state index contributed by atoms with van der Waals surface area (Å²) in [7, 11) is 1.72. The van der Waals surface area contributed by atoms with Crippen LogP contribution in [0.2, 0.25) is 0 Å². The summed E-state index contributed by atoms with van der Waals surface area (Å²) in [5.74, 6) is 6.90. The molecule has 0 aromatic heterocycles. The fraction of sp³-hybridized carbons (Fsp3) is 1.00. The van der Waals surface area contributed by atoms with Crippen molar-refractivity contribution in [3.63, 3.8) is 0 Å². The molecule has 1 aliphatic rings. The molecule has 1 rings (SSSR count). The average Bonchev–Trinajstić information content (AvgIpc) is 2.17. The first-order chi connectivity index (χ1) is 3.29. The van der Waals surface area contributed by atoms with Gasteiger partial charge in [-0.3, -0.25) is 0 Å². The number of nitrogens with zero attached hydrogens (tertiary/aromatic N) is 1. The number of hydrogen-bond donors (Lipinski definition) is 1. The molecule has 2 N–H and O–H groups in total. The third kappa shape index (κ3) is 1.87. The molecule has 1 atom stereocenters. The molecule has 0 radical (unpaired) electrons. The number of quaternary nitrogens is 1. The zero-order valence-corrected chi connectivity index (χ0v) is 4.44. The predicted octanol–water partition coefficient (Wildman–Crippen LogP) is -0.0806. The van der Waals surface area contributed by atoms with E-state index in [1.165, 1.54) is 12.8 Å². The third-order valence-electron chi connectivity index (χ3n) is 0.923. The summed E-state index contributed by atoms with van der Waals surface area (Å²) in [5, 5.41) is 0.475. The predicted molar refractivity (Wildman–Crippen MR) is 27.6 cm³/mol. The van der Waals surface area contributed by atoms with Crippen LogP contribution in [0.3, 0.4) is 0 Å². The number of hydrogen-bond acceptors (Lipinski definition) is 0. The van der Waals surface area contributed by atoms with Crippen LogP contribution in [-0.2, 0) is 0 Å². The highest BCUT2D eigenvalue weighted by Crippen LogP contribution is 2.24. The molecule has 3 nitrogen and oxygen atoms in total. The normalized spacial score (nSPS) is 24.9. The average molecular weight is 100 g/mol. The van der Waals surface area contributed by atoms with Crippen LogP contribution in [0.5, 0.6) is 0 Å². The highest BCUT2D eigenvalue weighted by Gasteiger charge is 2.11. The second kappa shape index (κ2) is 1.78. The molecule has 0 aromatic rings. The van der Waals surface area contributed by atoms with Gasteiger partial charge in [0.25, 0.3) is 0 Å². The van der Waals surface area contributed by atoms with Gasteiger partial charge in [0.05, 0.1) is 0 Å². The second-order valence-electron chi connectivity index (χ2n) is 1.95. The van der Waals surface area contributed by atoms with Gasteiger partial charge < -0.3 is 16.4 Å². The summed E-state index contributed by atoms with van der Waals surface area (Å²) in [4.78, 5) is 0. The third-order valence-corrected chi connectivity index (χ3v) is 0.923. The van der Waals surface area contributed by atoms with E-state index in [9.17, 15) is 0 Å². The highest BCUT2D eigenvalue weighted by molar-refractivity contribution is 4.92. The van der Waals surface area contributed by atoms with Crippen LogP contribution < -0.4 is 5.12 Å². The highest BCUT2D eigenvalue weighted by atomic mass is 15.7. The van der Waals surface area contributed by atoms with Crippen molar-refractivity contribution in [3.8, 4) is 0 Å². The van der Waals surface area contributed by atoms with Crippen LogP contribution in [0.4, 0.5) is 0 Å². The fourth-order valence-electron chi connectivity index (χ4n) is 0.477. The topological polar surface area (TPSA) is 42.3 Å². The Kier molecular flexibility index (Phi) is 1.27. The lowest BCUT2D eigenvalue weighted by Crippen LogP contribution is -2.97. The van der Waals surface area contributed by atoms with E-state index in [1.807, 2.05) is 0 Å². The van der Waals surface area contributed by atoms with E-state index in [0.29, 0.717) is 11.2 Å². The molecule has 0 saturated heterocycles.